The molecule has 0 aliphatic carbocycles. The van der Waals surface area contributed by atoms with Gasteiger partial charge < -0.3 is 15.5 Å². The van der Waals surface area contributed by atoms with Gasteiger partial charge in [-0.05, 0) is 62.6 Å². The number of benzene rings is 1. The summed E-state index contributed by atoms with van der Waals surface area (Å²) in [5.74, 6) is -2.98. The summed E-state index contributed by atoms with van der Waals surface area (Å²) in [6.45, 7) is 13.6. The number of carbonyl (C=O) groups excluding carboxylic acids is 2. The molecule has 1 fully saturated rings. The first-order chi connectivity index (χ1) is 20.8. The number of aromatic nitrogens is 4. The molecule has 2 atom stereocenters. The minimum absolute atomic E-state index is 0.00229. The number of hydrogen-bond donors (Lipinski definition) is 1. The van der Waals surface area contributed by atoms with Crippen LogP contribution in [0.15, 0.2) is 54.0 Å². The molecule has 0 unspecified atom stereocenters. The second kappa shape index (κ2) is 11.6. The zero-order valence-electron chi connectivity index (χ0n) is 25.1. The maximum atomic E-state index is 16.1. The largest absolute Gasteiger partial charge is 0.366 e. The molecule has 1 aliphatic heterocycles. The van der Waals surface area contributed by atoms with Crippen LogP contribution in [0.1, 0.15) is 55.2 Å². The fourth-order valence-electron chi connectivity index (χ4n) is 5.80. The van der Waals surface area contributed by atoms with E-state index in [1.54, 1.807) is 24.1 Å². The van der Waals surface area contributed by atoms with Crippen LogP contribution in [0.25, 0.3) is 28.0 Å². The van der Waals surface area contributed by atoms with E-state index < -0.39 is 34.5 Å². The van der Waals surface area contributed by atoms with Crippen molar-refractivity contribution < 1.29 is 18.4 Å². The van der Waals surface area contributed by atoms with Gasteiger partial charge in [0.05, 0.1) is 27.9 Å². The van der Waals surface area contributed by atoms with Gasteiger partial charge in [-0.3, -0.25) is 14.6 Å². The molecule has 3 aromatic heterocycles. The fraction of sp³-hybridized carbons (Fsp3) is 0.312. The highest BCUT2D eigenvalue weighted by atomic mass is 19.1. The van der Waals surface area contributed by atoms with Crippen molar-refractivity contribution in [3.63, 3.8) is 0 Å². The molecular formula is C32H33F2N7O3. The van der Waals surface area contributed by atoms with Gasteiger partial charge in [-0.1, -0.05) is 26.5 Å². The van der Waals surface area contributed by atoms with Crippen molar-refractivity contribution in [2.75, 3.05) is 18.0 Å². The minimum Gasteiger partial charge on any atom is -0.366 e. The summed E-state index contributed by atoms with van der Waals surface area (Å²) in [4.78, 5) is 55.8. The molecule has 4 heterocycles. The third-order valence-electron chi connectivity index (χ3n) is 7.96. The summed E-state index contributed by atoms with van der Waals surface area (Å²) >= 11 is 0. The van der Waals surface area contributed by atoms with Gasteiger partial charge in [0.1, 0.15) is 17.3 Å². The molecule has 1 aromatic carbocycles. The number of rotatable bonds is 6. The molecule has 0 radical (unpaired) electrons. The Bertz CT molecular complexity index is 1890. The van der Waals surface area contributed by atoms with Crippen molar-refractivity contribution in [3.05, 3.63) is 88.1 Å². The average molecular weight is 602 g/mol. The molecule has 2 amide bonds. The zero-order chi connectivity index (χ0) is 32.0. The topological polar surface area (TPSA) is 127 Å². The lowest BCUT2D eigenvalue weighted by atomic mass is 10.0. The van der Waals surface area contributed by atoms with Crippen molar-refractivity contribution >= 4 is 28.7 Å². The average Bonchev–Trinajstić information content (AvgIpc) is 2.97. The van der Waals surface area contributed by atoms with Gasteiger partial charge in [-0.2, -0.15) is 4.98 Å². The molecular weight excluding hydrogens is 568 g/mol. The number of aryl methyl sites for hydroxylation is 1. The molecule has 0 spiro atoms. The van der Waals surface area contributed by atoms with E-state index in [-0.39, 0.29) is 52.9 Å². The number of primary amides is 1. The van der Waals surface area contributed by atoms with Gasteiger partial charge >= 0.3 is 5.69 Å². The maximum Gasteiger partial charge on any atom is 0.355 e. The number of nitrogens with zero attached hydrogens (tertiary/aromatic N) is 6. The van der Waals surface area contributed by atoms with E-state index in [2.05, 4.69) is 21.5 Å². The number of anilines is 1. The molecule has 1 aliphatic rings. The Labute approximate surface area is 252 Å². The van der Waals surface area contributed by atoms with Crippen LogP contribution in [0.5, 0.6) is 0 Å². The second-order valence-corrected chi connectivity index (χ2v) is 11.3. The SMILES string of the molecule is C=CC(=O)N1C[C@H](C)N(c2nc(=O)n(-c3c(C)ccnc3C(C)C)c3nc(-c4c(F)cccc4C(N)=O)c(F)cc23)C[C@H]1C. The summed E-state index contributed by atoms with van der Waals surface area (Å²) in [5, 5.41) is 0.184. The molecule has 0 saturated carbocycles. The van der Waals surface area contributed by atoms with Gasteiger partial charge in [0.15, 0.2) is 11.5 Å². The predicted molar refractivity (Wildman–Crippen MR) is 164 cm³/mol. The molecule has 12 heteroatoms. The van der Waals surface area contributed by atoms with E-state index in [0.717, 1.165) is 12.1 Å². The summed E-state index contributed by atoms with van der Waals surface area (Å²) in [6.07, 6.45) is 2.88. The van der Waals surface area contributed by atoms with Crippen LogP contribution in [0.2, 0.25) is 0 Å². The van der Waals surface area contributed by atoms with Crippen molar-refractivity contribution in [2.45, 2.75) is 52.6 Å². The number of nitrogens with two attached hydrogens (primary N) is 1. The standard InChI is InChI=1S/C32H33F2N7O3/c1-7-24(42)39-14-19(6)40(15-18(39)5)30-21-13-23(34)27(25-20(29(35)43)9-8-10-22(25)33)37-31(21)41(32(44)38-30)28-17(4)11-12-36-26(28)16(2)3/h7-13,16,18-19H,1,14-15H2,2-6H3,(H2,35,43)/t18-,19+/m1/s1. The van der Waals surface area contributed by atoms with Crippen LogP contribution in [-0.4, -0.2) is 61.4 Å². The monoisotopic (exact) mass is 601 g/mol. The Morgan fingerprint density at radius 1 is 1.09 bits per heavy atom. The number of fused-ring (bicyclic) bond motifs is 1. The number of pyridine rings is 2. The quantitative estimate of drug-likeness (QED) is 0.327. The Hall–Kier alpha value is -5.00. The lowest BCUT2D eigenvalue weighted by molar-refractivity contribution is -0.128. The summed E-state index contributed by atoms with van der Waals surface area (Å²) in [5.41, 5.74) is 5.36. The first-order valence-corrected chi connectivity index (χ1v) is 14.2. The molecule has 2 N–H and O–H groups in total. The Morgan fingerprint density at radius 3 is 2.48 bits per heavy atom. The van der Waals surface area contributed by atoms with Crippen LogP contribution < -0.4 is 16.3 Å². The van der Waals surface area contributed by atoms with E-state index in [1.165, 1.54) is 22.8 Å². The molecule has 10 nitrogen and oxygen atoms in total. The maximum absolute atomic E-state index is 16.1. The highest BCUT2D eigenvalue weighted by molar-refractivity contribution is 6.00. The number of hydrogen-bond acceptors (Lipinski definition) is 7. The van der Waals surface area contributed by atoms with Gasteiger partial charge in [-0.15, -0.1) is 0 Å². The highest BCUT2D eigenvalue weighted by Crippen LogP contribution is 2.35. The van der Waals surface area contributed by atoms with Crippen molar-refractivity contribution in [3.8, 4) is 16.9 Å². The van der Waals surface area contributed by atoms with Crippen LogP contribution in [0.3, 0.4) is 0 Å². The van der Waals surface area contributed by atoms with Gasteiger partial charge in [-0.25, -0.2) is 23.1 Å². The van der Waals surface area contributed by atoms with Gasteiger partial charge in [0, 0.05) is 31.4 Å². The first kappa shape index (κ1) is 30.5. The first-order valence-electron chi connectivity index (χ1n) is 14.2. The van der Waals surface area contributed by atoms with E-state index in [9.17, 15) is 14.4 Å². The number of piperazine rings is 1. The highest BCUT2D eigenvalue weighted by Gasteiger charge is 2.34. The fourth-order valence-corrected chi connectivity index (χ4v) is 5.80. The third kappa shape index (κ3) is 5.10. The van der Waals surface area contributed by atoms with Crippen molar-refractivity contribution in [2.24, 2.45) is 5.73 Å². The molecule has 0 bridgehead atoms. The van der Waals surface area contributed by atoms with E-state index in [4.69, 9.17) is 5.73 Å². The van der Waals surface area contributed by atoms with E-state index >= 15 is 8.78 Å². The Morgan fingerprint density at radius 2 is 1.82 bits per heavy atom. The Balaban J connectivity index is 1.87. The van der Waals surface area contributed by atoms with Crippen LogP contribution in [-0.2, 0) is 4.79 Å². The molecule has 228 valence electrons. The summed E-state index contributed by atoms with van der Waals surface area (Å²) < 4.78 is 32.6. The molecule has 4 aromatic rings. The second-order valence-electron chi connectivity index (χ2n) is 11.3. The minimum atomic E-state index is -0.964. The van der Waals surface area contributed by atoms with Crippen LogP contribution in [0.4, 0.5) is 14.6 Å². The molecule has 44 heavy (non-hydrogen) atoms. The van der Waals surface area contributed by atoms with Gasteiger partial charge in [0.2, 0.25) is 11.8 Å². The Kier molecular flexibility index (Phi) is 8.02. The smallest absolute Gasteiger partial charge is 0.355 e. The summed E-state index contributed by atoms with van der Waals surface area (Å²) in [6, 6.07) is 5.94. The van der Waals surface area contributed by atoms with Crippen LogP contribution >= 0.6 is 0 Å². The lowest BCUT2D eigenvalue weighted by Crippen LogP contribution is -2.58. The normalized spacial score (nSPS) is 16.9. The van der Waals surface area contributed by atoms with Gasteiger partial charge in [0.25, 0.3) is 0 Å². The zero-order valence-corrected chi connectivity index (χ0v) is 25.1. The molecule has 5 rings (SSSR count). The van der Waals surface area contributed by atoms with Crippen molar-refractivity contribution in [1.29, 1.82) is 0 Å². The van der Waals surface area contributed by atoms with Crippen LogP contribution in [0, 0.1) is 18.6 Å². The lowest BCUT2D eigenvalue weighted by Gasteiger charge is -2.44. The van der Waals surface area contributed by atoms with Crippen molar-refractivity contribution in [1.82, 2.24) is 24.4 Å². The van der Waals surface area contributed by atoms with E-state index in [0.29, 0.717) is 23.5 Å². The number of amides is 2. The number of halogens is 2. The summed E-state index contributed by atoms with van der Waals surface area (Å²) in [7, 11) is 0. The predicted octanol–water partition coefficient (Wildman–Crippen LogP) is 4.26. The third-order valence-corrected chi connectivity index (χ3v) is 7.96. The number of carbonyl (C=O) groups is 2. The molecule has 1 saturated heterocycles. The van der Waals surface area contributed by atoms with E-state index in [1.807, 2.05) is 32.6 Å².